The third-order valence-corrected chi connectivity index (χ3v) is 4.49. The summed E-state index contributed by atoms with van der Waals surface area (Å²) in [4.78, 5) is 18.3. The van der Waals surface area contributed by atoms with E-state index in [0.29, 0.717) is 18.1 Å². The summed E-state index contributed by atoms with van der Waals surface area (Å²) in [7, 11) is 0. The van der Waals surface area contributed by atoms with Gasteiger partial charge in [0.1, 0.15) is 5.76 Å². The molecule has 1 aromatic heterocycles. The van der Waals surface area contributed by atoms with Crippen molar-refractivity contribution in [1.82, 2.24) is 9.88 Å². The maximum absolute atomic E-state index is 12.3. The van der Waals surface area contributed by atoms with Crippen molar-refractivity contribution in [3.63, 3.8) is 0 Å². The highest BCUT2D eigenvalue weighted by Gasteiger charge is 2.24. The van der Waals surface area contributed by atoms with Gasteiger partial charge in [0.25, 0.3) is 0 Å². The molecular formula is C18H22N2O2. The lowest BCUT2D eigenvalue weighted by Crippen LogP contribution is -2.39. The van der Waals surface area contributed by atoms with E-state index in [1.807, 2.05) is 11.8 Å². The molecule has 1 fully saturated rings. The number of hydrogen-bond acceptors (Lipinski definition) is 3. The Morgan fingerprint density at radius 3 is 2.64 bits per heavy atom. The standard InChI is InChI=1S/C18H22N2O2/c1-14-17(22-13-19-14)12-18(21)20-9-7-16(8-10-20)11-15-5-3-2-4-6-15/h2-6,13,16H,7-12H2,1H3. The van der Waals surface area contributed by atoms with Crippen LogP contribution in [0.2, 0.25) is 0 Å². The molecule has 0 saturated carbocycles. The largest absolute Gasteiger partial charge is 0.448 e. The van der Waals surface area contributed by atoms with Crippen LogP contribution >= 0.6 is 0 Å². The van der Waals surface area contributed by atoms with Crippen molar-refractivity contribution >= 4 is 5.91 Å². The van der Waals surface area contributed by atoms with Crippen LogP contribution in [0.4, 0.5) is 0 Å². The molecule has 2 aromatic rings. The van der Waals surface area contributed by atoms with Gasteiger partial charge in [-0.15, -0.1) is 0 Å². The molecule has 0 N–H and O–H groups in total. The first-order chi connectivity index (χ1) is 10.7. The van der Waals surface area contributed by atoms with E-state index >= 15 is 0 Å². The van der Waals surface area contributed by atoms with E-state index in [0.717, 1.165) is 38.0 Å². The molecule has 1 amide bonds. The van der Waals surface area contributed by atoms with E-state index in [1.54, 1.807) is 0 Å². The summed E-state index contributed by atoms with van der Waals surface area (Å²) in [6.45, 7) is 3.57. The van der Waals surface area contributed by atoms with Gasteiger partial charge >= 0.3 is 0 Å². The molecule has 0 bridgehead atoms. The van der Waals surface area contributed by atoms with Crippen molar-refractivity contribution in [1.29, 1.82) is 0 Å². The molecule has 22 heavy (non-hydrogen) atoms. The first-order valence-electron chi connectivity index (χ1n) is 7.93. The zero-order valence-electron chi connectivity index (χ0n) is 13.0. The summed E-state index contributed by atoms with van der Waals surface area (Å²) in [5.74, 6) is 1.52. The van der Waals surface area contributed by atoms with Gasteiger partial charge in [-0.25, -0.2) is 4.98 Å². The molecule has 2 heterocycles. The maximum atomic E-state index is 12.3. The van der Waals surface area contributed by atoms with Gasteiger partial charge in [0.2, 0.25) is 5.91 Å². The minimum Gasteiger partial charge on any atom is -0.448 e. The number of oxazole rings is 1. The summed E-state index contributed by atoms with van der Waals surface area (Å²) in [5, 5.41) is 0. The van der Waals surface area contributed by atoms with E-state index in [1.165, 1.54) is 12.0 Å². The van der Waals surface area contributed by atoms with Gasteiger partial charge in [-0.05, 0) is 37.7 Å². The second-order valence-corrected chi connectivity index (χ2v) is 6.05. The number of aryl methyl sites for hydroxylation is 1. The number of amides is 1. The summed E-state index contributed by atoms with van der Waals surface area (Å²) in [6, 6.07) is 10.6. The molecule has 1 saturated heterocycles. The van der Waals surface area contributed by atoms with Gasteiger partial charge in [-0.3, -0.25) is 4.79 Å². The molecular weight excluding hydrogens is 276 g/mol. The second-order valence-electron chi connectivity index (χ2n) is 6.05. The predicted octanol–water partition coefficient (Wildman–Crippen LogP) is 3.01. The lowest BCUT2D eigenvalue weighted by molar-refractivity contribution is -0.132. The SMILES string of the molecule is Cc1ncoc1CC(=O)N1CCC(Cc2ccccc2)CC1. The number of carbonyl (C=O) groups is 1. The topological polar surface area (TPSA) is 46.3 Å². The quantitative estimate of drug-likeness (QED) is 0.871. The van der Waals surface area contributed by atoms with Gasteiger partial charge < -0.3 is 9.32 Å². The summed E-state index contributed by atoms with van der Waals surface area (Å²) < 4.78 is 5.27. The predicted molar refractivity (Wildman–Crippen MR) is 84.4 cm³/mol. The Kier molecular flexibility index (Phi) is 4.56. The number of aromatic nitrogens is 1. The number of nitrogens with zero attached hydrogens (tertiary/aromatic N) is 2. The van der Waals surface area contributed by atoms with Gasteiger partial charge in [-0.2, -0.15) is 0 Å². The third-order valence-electron chi connectivity index (χ3n) is 4.49. The zero-order valence-corrected chi connectivity index (χ0v) is 13.0. The number of benzene rings is 1. The lowest BCUT2D eigenvalue weighted by Gasteiger charge is -2.32. The number of likely N-dealkylation sites (tertiary alicyclic amines) is 1. The average Bonchev–Trinajstić information content (AvgIpc) is 2.94. The van der Waals surface area contributed by atoms with Crippen molar-refractivity contribution in [2.24, 2.45) is 5.92 Å². The molecule has 4 heteroatoms. The molecule has 1 aliphatic rings. The van der Waals surface area contributed by atoms with Crippen LogP contribution in [-0.2, 0) is 17.6 Å². The Labute approximate surface area is 131 Å². The number of hydrogen-bond donors (Lipinski definition) is 0. The molecule has 0 atom stereocenters. The highest BCUT2D eigenvalue weighted by Crippen LogP contribution is 2.22. The molecule has 116 valence electrons. The molecule has 0 radical (unpaired) electrons. The maximum Gasteiger partial charge on any atom is 0.230 e. The average molecular weight is 298 g/mol. The van der Waals surface area contributed by atoms with E-state index < -0.39 is 0 Å². The van der Waals surface area contributed by atoms with Crippen molar-refractivity contribution in [2.45, 2.75) is 32.6 Å². The fourth-order valence-corrected chi connectivity index (χ4v) is 3.08. The second kappa shape index (κ2) is 6.77. The van der Waals surface area contributed by atoms with Crippen LogP contribution in [0.25, 0.3) is 0 Å². The minimum absolute atomic E-state index is 0.151. The third kappa shape index (κ3) is 3.56. The van der Waals surface area contributed by atoms with Crippen LogP contribution < -0.4 is 0 Å². The van der Waals surface area contributed by atoms with Gasteiger partial charge in [0, 0.05) is 13.1 Å². The Balaban J connectivity index is 1.49. The Bertz CT molecular complexity index is 613. The summed E-state index contributed by atoms with van der Waals surface area (Å²) in [6.07, 6.45) is 5.01. The Morgan fingerprint density at radius 2 is 2.00 bits per heavy atom. The first-order valence-corrected chi connectivity index (χ1v) is 7.93. The van der Waals surface area contributed by atoms with Crippen molar-refractivity contribution < 1.29 is 9.21 Å². The van der Waals surface area contributed by atoms with Crippen molar-refractivity contribution in [3.8, 4) is 0 Å². The highest BCUT2D eigenvalue weighted by atomic mass is 16.3. The molecule has 3 rings (SSSR count). The Morgan fingerprint density at radius 1 is 1.27 bits per heavy atom. The first kappa shape index (κ1) is 14.8. The van der Waals surface area contributed by atoms with Crippen molar-refractivity contribution in [2.75, 3.05) is 13.1 Å². The monoisotopic (exact) mass is 298 g/mol. The van der Waals surface area contributed by atoms with Crippen LogP contribution in [0.1, 0.15) is 29.9 Å². The minimum atomic E-state index is 0.151. The smallest absolute Gasteiger partial charge is 0.230 e. The summed E-state index contributed by atoms with van der Waals surface area (Å²) in [5.41, 5.74) is 2.21. The number of carbonyl (C=O) groups excluding carboxylic acids is 1. The fourth-order valence-electron chi connectivity index (χ4n) is 3.08. The Hall–Kier alpha value is -2.10. The normalized spacial score (nSPS) is 16.0. The fraction of sp³-hybridized carbons (Fsp3) is 0.444. The van der Waals surface area contributed by atoms with Crippen LogP contribution in [-0.4, -0.2) is 28.9 Å². The van der Waals surface area contributed by atoms with Gasteiger partial charge in [-0.1, -0.05) is 30.3 Å². The van der Waals surface area contributed by atoms with Crippen LogP contribution in [0, 0.1) is 12.8 Å². The molecule has 0 unspecified atom stereocenters. The molecule has 1 aliphatic heterocycles. The number of rotatable bonds is 4. The van der Waals surface area contributed by atoms with Crippen molar-refractivity contribution in [3.05, 3.63) is 53.7 Å². The molecule has 0 aliphatic carbocycles. The summed E-state index contributed by atoms with van der Waals surface area (Å²) >= 11 is 0. The molecule has 4 nitrogen and oxygen atoms in total. The van der Waals surface area contributed by atoms with E-state index in [4.69, 9.17) is 4.42 Å². The van der Waals surface area contributed by atoms with Gasteiger partial charge in [0.05, 0.1) is 12.1 Å². The molecule has 1 aromatic carbocycles. The van der Waals surface area contributed by atoms with E-state index in [-0.39, 0.29) is 5.91 Å². The van der Waals surface area contributed by atoms with Crippen LogP contribution in [0.3, 0.4) is 0 Å². The highest BCUT2D eigenvalue weighted by molar-refractivity contribution is 5.78. The van der Waals surface area contributed by atoms with E-state index in [2.05, 4.69) is 35.3 Å². The zero-order chi connectivity index (χ0) is 15.4. The number of piperidine rings is 1. The van der Waals surface area contributed by atoms with E-state index in [9.17, 15) is 4.79 Å². The van der Waals surface area contributed by atoms with Crippen LogP contribution in [0.15, 0.2) is 41.1 Å². The van der Waals surface area contributed by atoms with Gasteiger partial charge in [0.15, 0.2) is 6.39 Å². The lowest BCUT2D eigenvalue weighted by atomic mass is 9.90. The molecule has 0 spiro atoms. The van der Waals surface area contributed by atoms with Crippen LogP contribution in [0.5, 0.6) is 0 Å².